The lowest BCUT2D eigenvalue weighted by atomic mass is 10.3. The van der Waals surface area contributed by atoms with Crippen molar-refractivity contribution >= 4 is 34.5 Å². The third kappa shape index (κ3) is 3.38. The van der Waals surface area contributed by atoms with E-state index in [1.807, 2.05) is 26.0 Å². The molecule has 1 amide bonds. The van der Waals surface area contributed by atoms with Crippen molar-refractivity contribution < 1.29 is 9.53 Å². The molecule has 0 aliphatic carbocycles. The Bertz CT molecular complexity index is 948. The SMILES string of the molecule is COc1cccc(NC(=O)c2sc(-n3nc(C)c(Cl)c3C)nc2C)c1. The molecule has 3 rings (SSSR count). The van der Waals surface area contributed by atoms with E-state index in [1.165, 1.54) is 11.3 Å². The van der Waals surface area contributed by atoms with Gasteiger partial charge in [-0.15, -0.1) is 0 Å². The molecule has 0 fully saturated rings. The fourth-order valence-corrected chi connectivity index (χ4v) is 3.47. The first kappa shape index (κ1) is 17.4. The molecule has 1 N–H and O–H groups in total. The molecule has 0 saturated carbocycles. The molecule has 0 atom stereocenters. The van der Waals surface area contributed by atoms with Crippen LogP contribution >= 0.6 is 22.9 Å². The van der Waals surface area contributed by atoms with Crippen molar-refractivity contribution in [1.82, 2.24) is 14.8 Å². The van der Waals surface area contributed by atoms with Gasteiger partial charge in [-0.25, -0.2) is 9.67 Å². The van der Waals surface area contributed by atoms with E-state index in [0.717, 1.165) is 11.4 Å². The number of benzene rings is 1. The number of aryl methyl sites for hydroxylation is 2. The van der Waals surface area contributed by atoms with Gasteiger partial charge in [-0.1, -0.05) is 29.0 Å². The molecule has 2 heterocycles. The first-order valence-electron chi connectivity index (χ1n) is 7.55. The monoisotopic (exact) mass is 376 g/mol. The fraction of sp³-hybridized carbons (Fsp3) is 0.235. The van der Waals surface area contributed by atoms with Gasteiger partial charge in [0, 0.05) is 11.8 Å². The summed E-state index contributed by atoms with van der Waals surface area (Å²) >= 11 is 7.47. The van der Waals surface area contributed by atoms with Gasteiger partial charge in [0.2, 0.25) is 5.13 Å². The number of hydrogen-bond acceptors (Lipinski definition) is 5. The lowest BCUT2D eigenvalue weighted by Crippen LogP contribution is -2.11. The Kier molecular flexibility index (Phi) is 4.78. The minimum atomic E-state index is -0.220. The second kappa shape index (κ2) is 6.85. The molecule has 1 aromatic carbocycles. The smallest absolute Gasteiger partial charge is 0.267 e. The normalized spacial score (nSPS) is 10.8. The number of nitrogens with one attached hydrogen (secondary N) is 1. The Morgan fingerprint density at radius 1 is 1.28 bits per heavy atom. The number of hydrogen-bond donors (Lipinski definition) is 1. The summed E-state index contributed by atoms with van der Waals surface area (Å²) in [6, 6.07) is 7.20. The summed E-state index contributed by atoms with van der Waals surface area (Å²) in [6.45, 7) is 5.51. The Morgan fingerprint density at radius 3 is 2.68 bits per heavy atom. The van der Waals surface area contributed by atoms with E-state index < -0.39 is 0 Å². The van der Waals surface area contributed by atoms with Gasteiger partial charge in [-0.2, -0.15) is 5.10 Å². The zero-order valence-electron chi connectivity index (χ0n) is 14.3. The number of nitrogens with zero attached hydrogens (tertiary/aromatic N) is 3. The molecule has 0 aliphatic rings. The lowest BCUT2D eigenvalue weighted by Gasteiger charge is -2.06. The molecule has 8 heteroatoms. The van der Waals surface area contributed by atoms with Gasteiger partial charge >= 0.3 is 0 Å². The zero-order valence-corrected chi connectivity index (χ0v) is 15.8. The van der Waals surface area contributed by atoms with Crippen LogP contribution in [0.15, 0.2) is 24.3 Å². The average molecular weight is 377 g/mol. The Balaban J connectivity index is 1.89. The maximum atomic E-state index is 12.6. The van der Waals surface area contributed by atoms with E-state index >= 15 is 0 Å². The van der Waals surface area contributed by atoms with Gasteiger partial charge < -0.3 is 10.1 Å². The van der Waals surface area contributed by atoms with E-state index in [1.54, 1.807) is 30.8 Å². The summed E-state index contributed by atoms with van der Waals surface area (Å²) in [5.74, 6) is 0.457. The molecule has 2 aromatic heterocycles. The van der Waals surface area contributed by atoms with Crippen molar-refractivity contribution in [2.45, 2.75) is 20.8 Å². The summed E-state index contributed by atoms with van der Waals surface area (Å²) in [5.41, 5.74) is 2.83. The largest absolute Gasteiger partial charge is 0.497 e. The Hall–Kier alpha value is -2.38. The van der Waals surface area contributed by atoms with Crippen LogP contribution in [-0.2, 0) is 0 Å². The molecule has 0 aliphatic heterocycles. The van der Waals surface area contributed by atoms with Crippen molar-refractivity contribution in [3.8, 4) is 10.9 Å². The molecular formula is C17H17ClN4O2S. The minimum Gasteiger partial charge on any atom is -0.497 e. The molecule has 6 nitrogen and oxygen atoms in total. The van der Waals surface area contributed by atoms with Crippen LogP contribution in [0.3, 0.4) is 0 Å². The molecular weight excluding hydrogens is 360 g/mol. The molecule has 0 radical (unpaired) electrons. The van der Waals surface area contributed by atoms with Crippen molar-refractivity contribution in [2.75, 3.05) is 12.4 Å². The minimum absolute atomic E-state index is 0.220. The fourth-order valence-electron chi connectivity index (χ4n) is 2.38. The summed E-state index contributed by atoms with van der Waals surface area (Å²) < 4.78 is 6.83. The number of aromatic nitrogens is 3. The maximum Gasteiger partial charge on any atom is 0.267 e. The highest BCUT2D eigenvalue weighted by Crippen LogP contribution is 2.27. The van der Waals surface area contributed by atoms with Crippen LogP contribution in [0, 0.1) is 20.8 Å². The van der Waals surface area contributed by atoms with Crippen molar-refractivity contribution in [3.05, 3.63) is 51.2 Å². The number of carbonyl (C=O) groups excluding carboxylic acids is 1. The van der Waals surface area contributed by atoms with Crippen molar-refractivity contribution in [3.63, 3.8) is 0 Å². The van der Waals surface area contributed by atoms with Crippen LogP contribution in [0.1, 0.15) is 26.8 Å². The van der Waals surface area contributed by atoms with Crippen LogP contribution in [-0.4, -0.2) is 27.8 Å². The van der Waals surface area contributed by atoms with E-state index in [9.17, 15) is 4.79 Å². The lowest BCUT2D eigenvalue weighted by molar-refractivity contribution is 0.103. The van der Waals surface area contributed by atoms with Gasteiger partial charge in [0.15, 0.2) is 0 Å². The topological polar surface area (TPSA) is 69.0 Å². The maximum absolute atomic E-state index is 12.6. The molecule has 3 aromatic rings. The first-order chi connectivity index (χ1) is 11.9. The van der Waals surface area contributed by atoms with Gasteiger partial charge in [-0.3, -0.25) is 4.79 Å². The van der Waals surface area contributed by atoms with Crippen LogP contribution in [0.4, 0.5) is 5.69 Å². The van der Waals surface area contributed by atoms with Crippen LogP contribution < -0.4 is 10.1 Å². The van der Waals surface area contributed by atoms with Crippen LogP contribution in [0.2, 0.25) is 5.02 Å². The second-order valence-electron chi connectivity index (χ2n) is 5.49. The number of ether oxygens (including phenoxy) is 1. The van der Waals surface area contributed by atoms with E-state index in [0.29, 0.717) is 32.2 Å². The van der Waals surface area contributed by atoms with Gasteiger partial charge in [0.05, 0.1) is 29.2 Å². The highest BCUT2D eigenvalue weighted by Gasteiger charge is 2.19. The van der Waals surface area contributed by atoms with Crippen molar-refractivity contribution in [2.24, 2.45) is 0 Å². The Morgan fingerprint density at radius 2 is 2.04 bits per heavy atom. The standard InChI is InChI=1S/C17H17ClN4O2S/c1-9-14(18)11(3)22(21-9)17-19-10(2)15(25-17)16(23)20-12-6-5-7-13(8-12)24-4/h5-8H,1-4H3,(H,20,23). The summed E-state index contributed by atoms with van der Waals surface area (Å²) in [5, 5.41) is 8.47. The molecule has 0 bridgehead atoms. The van der Waals surface area contributed by atoms with E-state index in [2.05, 4.69) is 15.4 Å². The van der Waals surface area contributed by atoms with Crippen molar-refractivity contribution in [1.29, 1.82) is 0 Å². The Labute approximate surface area is 154 Å². The molecule has 0 saturated heterocycles. The highest BCUT2D eigenvalue weighted by atomic mass is 35.5. The number of methoxy groups -OCH3 is 1. The van der Waals surface area contributed by atoms with Crippen LogP contribution in [0.5, 0.6) is 5.75 Å². The quantitative estimate of drug-likeness (QED) is 0.742. The number of halogens is 1. The van der Waals surface area contributed by atoms with Crippen LogP contribution in [0.25, 0.3) is 5.13 Å². The summed E-state index contributed by atoms with van der Waals surface area (Å²) in [7, 11) is 1.58. The van der Waals surface area contributed by atoms with E-state index in [-0.39, 0.29) is 5.91 Å². The van der Waals surface area contributed by atoms with E-state index in [4.69, 9.17) is 16.3 Å². The molecule has 130 valence electrons. The number of amides is 1. The van der Waals surface area contributed by atoms with Gasteiger partial charge in [0.1, 0.15) is 10.6 Å². The summed E-state index contributed by atoms with van der Waals surface area (Å²) in [6.07, 6.45) is 0. The average Bonchev–Trinajstić information content (AvgIpc) is 3.10. The number of carbonyl (C=O) groups is 1. The third-order valence-electron chi connectivity index (χ3n) is 3.70. The molecule has 0 unspecified atom stereocenters. The highest BCUT2D eigenvalue weighted by molar-refractivity contribution is 7.16. The predicted octanol–water partition coefficient (Wildman–Crippen LogP) is 4.17. The van der Waals surface area contributed by atoms with Gasteiger partial charge in [0.25, 0.3) is 5.91 Å². The number of anilines is 1. The zero-order chi connectivity index (χ0) is 18.1. The van der Waals surface area contributed by atoms with Gasteiger partial charge in [-0.05, 0) is 32.9 Å². The molecule has 0 spiro atoms. The number of rotatable bonds is 4. The third-order valence-corrected chi connectivity index (χ3v) is 5.38. The first-order valence-corrected chi connectivity index (χ1v) is 8.75. The predicted molar refractivity (Wildman–Crippen MR) is 99.4 cm³/mol. The molecule has 25 heavy (non-hydrogen) atoms. The number of thiazole rings is 1. The summed E-state index contributed by atoms with van der Waals surface area (Å²) in [4.78, 5) is 17.6. The second-order valence-corrected chi connectivity index (χ2v) is 6.85.